The molecule has 108 valence electrons. The lowest BCUT2D eigenvalue weighted by Gasteiger charge is -2.33. The molecular formula is C12H21N3O2S2. The maximum atomic E-state index is 11.8. The predicted octanol–water partition coefficient (Wildman–Crippen LogP) is 1.79. The van der Waals surface area contributed by atoms with Gasteiger partial charge in [0.25, 0.3) is 0 Å². The minimum Gasteiger partial charge on any atom is -0.309 e. The van der Waals surface area contributed by atoms with Crippen LogP contribution in [0.3, 0.4) is 0 Å². The highest BCUT2D eigenvalue weighted by molar-refractivity contribution is 7.91. The number of nitrogens with zero attached hydrogens (tertiary/aromatic N) is 2. The molecule has 1 fully saturated rings. The minimum atomic E-state index is -2.94. The van der Waals surface area contributed by atoms with Gasteiger partial charge in [0.05, 0.1) is 17.0 Å². The van der Waals surface area contributed by atoms with E-state index in [9.17, 15) is 8.42 Å². The van der Waals surface area contributed by atoms with Gasteiger partial charge in [0.1, 0.15) is 9.84 Å². The lowest BCUT2D eigenvalue weighted by molar-refractivity contribution is 0.271. The van der Waals surface area contributed by atoms with E-state index in [4.69, 9.17) is 0 Å². The quantitative estimate of drug-likeness (QED) is 0.898. The van der Waals surface area contributed by atoms with Gasteiger partial charge in [-0.05, 0) is 43.3 Å². The van der Waals surface area contributed by atoms with Gasteiger partial charge in [0, 0.05) is 11.6 Å². The Morgan fingerprint density at radius 1 is 1.53 bits per heavy atom. The summed E-state index contributed by atoms with van der Waals surface area (Å²) in [7, 11) is -2.94. The van der Waals surface area contributed by atoms with Gasteiger partial charge in [-0.1, -0.05) is 17.8 Å². The molecule has 1 aromatic rings. The Hall–Kier alpha value is -0.530. The van der Waals surface area contributed by atoms with E-state index in [1.807, 2.05) is 5.38 Å². The molecule has 3 unspecified atom stereocenters. The van der Waals surface area contributed by atoms with E-state index in [0.717, 1.165) is 37.9 Å². The Bertz CT molecular complexity index is 487. The lowest BCUT2D eigenvalue weighted by Crippen LogP contribution is -2.35. The minimum absolute atomic E-state index is 0.133. The highest BCUT2D eigenvalue weighted by Crippen LogP contribution is 2.36. The number of hydrogen-bond donors (Lipinski definition) is 1. The molecule has 1 saturated carbocycles. The molecule has 5 nitrogen and oxygen atoms in total. The molecule has 0 radical (unpaired) electrons. The van der Waals surface area contributed by atoms with Crippen molar-refractivity contribution in [3.63, 3.8) is 0 Å². The number of rotatable bonds is 5. The Balaban J connectivity index is 2.13. The number of aromatic nitrogens is 2. The van der Waals surface area contributed by atoms with Gasteiger partial charge in [-0.2, -0.15) is 0 Å². The van der Waals surface area contributed by atoms with Crippen LogP contribution in [0.15, 0.2) is 5.38 Å². The molecular weight excluding hydrogens is 282 g/mol. The SMILES string of the molecule is CCNC(c1csnn1)C1CCCC(S(C)(=O)=O)C1. The van der Waals surface area contributed by atoms with Crippen LogP contribution in [0.4, 0.5) is 0 Å². The normalized spacial score (nSPS) is 26.2. The third kappa shape index (κ3) is 3.73. The summed E-state index contributed by atoms with van der Waals surface area (Å²) in [4.78, 5) is 0. The summed E-state index contributed by atoms with van der Waals surface area (Å²) in [5, 5.41) is 9.35. The third-order valence-electron chi connectivity index (χ3n) is 3.86. The largest absolute Gasteiger partial charge is 0.309 e. The summed E-state index contributed by atoms with van der Waals surface area (Å²) in [6.45, 7) is 2.91. The maximum Gasteiger partial charge on any atom is 0.150 e. The Morgan fingerprint density at radius 2 is 2.32 bits per heavy atom. The van der Waals surface area contributed by atoms with Crippen LogP contribution in [0, 0.1) is 5.92 Å². The average Bonchev–Trinajstić information content (AvgIpc) is 2.88. The molecule has 0 aliphatic heterocycles. The molecule has 2 rings (SSSR count). The van der Waals surface area contributed by atoms with Crippen molar-refractivity contribution in [2.75, 3.05) is 12.8 Å². The topological polar surface area (TPSA) is 72.0 Å². The molecule has 1 aliphatic carbocycles. The molecule has 1 aliphatic rings. The Kier molecular flexibility index (Phi) is 4.92. The molecule has 7 heteroatoms. The zero-order valence-corrected chi connectivity index (χ0v) is 13.0. The van der Waals surface area contributed by atoms with E-state index in [1.165, 1.54) is 17.8 Å². The van der Waals surface area contributed by atoms with Gasteiger partial charge in [0.2, 0.25) is 0 Å². The lowest BCUT2D eigenvalue weighted by atomic mass is 9.82. The summed E-state index contributed by atoms with van der Waals surface area (Å²) in [5.41, 5.74) is 0.950. The molecule has 1 aromatic heterocycles. The molecule has 0 spiro atoms. The maximum absolute atomic E-state index is 11.8. The third-order valence-corrected chi connectivity index (χ3v) is 6.03. The molecule has 19 heavy (non-hydrogen) atoms. The van der Waals surface area contributed by atoms with E-state index in [0.29, 0.717) is 5.92 Å². The van der Waals surface area contributed by atoms with Crippen LogP contribution < -0.4 is 5.32 Å². The number of hydrogen-bond acceptors (Lipinski definition) is 6. The summed E-state index contributed by atoms with van der Waals surface area (Å²) in [5.74, 6) is 0.331. The van der Waals surface area contributed by atoms with Crippen molar-refractivity contribution < 1.29 is 8.42 Å². The summed E-state index contributed by atoms with van der Waals surface area (Å²) >= 11 is 1.34. The van der Waals surface area contributed by atoms with Gasteiger partial charge in [-0.3, -0.25) is 0 Å². The molecule has 0 amide bonds. The number of sulfone groups is 1. The first-order valence-electron chi connectivity index (χ1n) is 6.71. The smallest absolute Gasteiger partial charge is 0.150 e. The van der Waals surface area contributed by atoms with Gasteiger partial charge < -0.3 is 5.32 Å². The molecule has 0 saturated heterocycles. The zero-order valence-electron chi connectivity index (χ0n) is 11.4. The van der Waals surface area contributed by atoms with Gasteiger partial charge in [0.15, 0.2) is 0 Å². The van der Waals surface area contributed by atoms with Crippen LogP contribution in [-0.2, 0) is 9.84 Å². The first kappa shape index (κ1) is 14.9. The fourth-order valence-corrected chi connectivity index (χ4v) is 4.59. The molecule has 1 heterocycles. The molecule has 1 N–H and O–H groups in total. The molecule has 0 bridgehead atoms. The van der Waals surface area contributed by atoms with Crippen LogP contribution in [0.5, 0.6) is 0 Å². The van der Waals surface area contributed by atoms with Crippen LogP contribution >= 0.6 is 11.5 Å². The Labute approximate surface area is 118 Å². The van der Waals surface area contributed by atoms with Crippen LogP contribution in [0.1, 0.15) is 44.3 Å². The monoisotopic (exact) mass is 303 g/mol. The van der Waals surface area contributed by atoms with Crippen molar-refractivity contribution in [2.24, 2.45) is 5.92 Å². The van der Waals surface area contributed by atoms with Crippen LogP contribution in [-0.4, -0.2) is 36.1 Å². The fraction of sp³-hybridized carbons (Fsp3) is 0.833. The van der Waals surface area contributed by atoms with Gasteiger partial charge in [-0.25, -0.2) is 8.42 Å². The van der Waals surface area contributed by atoms with Crippen molar-refractivity contribution in [3.05, 3.63) is 11.1 Å². The van der Waals surface area contributed by atoms with Gasteiger partial charge in [-0.15, -0.1) is 5.10 Å². The average molecular weight is 303 g/mol. The predicted molar refractivity (Wildman–Crippen MR) is 76.9 cm³/mol. The first-order chi connectivity index (χ1) is 9.02. The van der Waals surface area contributed by atoms with Crippen molar-refractivity contribution in [1.29, 1.82) is 0 Å². The van der Waals surface area contributed by atoms with E-state index < -0.39 is 9.84 Å². The Morgan fingerprint density at radius 3 is 2.89 bits per heavy atom. The van der Waals surface area contributed by atoms with Crippen LogP contribution in [0.2, 0.25) is 0 Å². The second kappa shape index (κ2) is 6.28. The fourth-order valence-electron chi connectivity index (χ4n) is 2.91. The van der Waals surface area contributed by atoms with Crippen molar-refractivity contribution in [2.45, 2.75) is 43.9 Å². The standard InChI is InChI=1S/C12H21N3O2S2/c1-3-13-12(11-8-18-15-14-11)9-5-4-6-10(7-9)19(2,16)17/h8-10,12-13H,3-7H2,1-2H3. The zero-order chi connectivity index (χ0) is 13.9. The van der Waals surface area contributed by atoms with Crippen molar-refractivity contribution in [1.82, 2.24) is 14.9 Å². The van der Waals surface area contributed by atoms with E-state index in [-0.39, 0.29) is 11.3 Å². The van der Waals surface area contributed by atoms with E-state index in [1.54, 1.807) is 0 Å². The summed E-state index contributed by atoms with van der Waals surface area (Å²) < 4.78 is 27.4. The highest BCUT2D eigenvalue weighted by atomic mass is 32.2. The van der Waals surface area contributed by atoms with Crippen molar-refractivity contribution in [3.8, 4) is 0 Å². The molecule has 0 aromatic carbocycles. The van der Waals surface area contributed by atoms with Crippen LogP contribution in [0.25, 0.3) is 0 Å². The van der Waals surface area contributed by atoms with Crippen molar-refractivity contribution >= 4 is 21.4 Å². The summed E-state index contributed by atoms with van der Waals surface area (Å²) in [6, 6.07) is 0.133. The molecule has 3 atom stereocenters. The first-order valence-corrected chi connectivity index (χ1v) is 9.50. The summed E-state index contributed by atoms with van der Waals surface area (Å²) in [6.07, 6.45) is 4.91. The van der Waals surface area contributed by atoms with E-state index >= 15 is 0 Å². The second-order valence-corrected chi connectivity index (χ2v) is 8.18. The number of nitrogens with one attached hydrogen (secondary N) is 1. The van der Waals surface area contributed by atoms with E-state index in [2.05, 4.69) is 21.8 Å². The van der Waals surface area contributed by atoms with Gasteiger partial charge >= 0.3 is 0 Å². The second-order valence-electron chi connectivity index (χ2n) is 5.24. The highest BCUT2D eigenvalue weighted by Gasteiger charge is 2.34.